The molecular weight excluding hydrogens is 324 g/mol. The Kier molecular flexibility index (Phi) is 2.35. The van der Waals surface area contributed by atoms with E-state index in [-0.39, 0.29) is 0 Å². The van der Waals surface area contributed by atoms with Crippen molar-refractivity contribution >= 4 is 45.2 Å². The predicted octanol–water partition coefficient (Wildman–Crippen LogP) is 2.59. The molecule has 0 saturated heterocycles. The van der Waals surface area contributed by atoms with Gasteiger partial charge in [0.15, 0.2) is 0 Å². The number of nitrogens with zero attached hydrogens (tertiary/aromatic N) is 1. The number of hydrogen-bond donors (Lipinski definition) is 1. The van der Waals surface area contributed by atoms with E-state index in [4.69, 9.17) is 11.6 Å². The molecule has 1 saturated carbocycles. The summed E-state index contributed by atoms with van der Waals surface area (Å²) >= 11 is 8.41. The maximum absolute atomic E-state index is 6.16. The predicted molar refractivity (Wildman–Crippen MR) is 66.8 cm³/mol. The third-order valence-electron chi connectivity index (χ3n) is 2.72. The van der Waals surface area contributed by atoms with Gasteiger partial charge in [-0.25, -0.2) is 4.98 Å². The number of rotatable bonds is 2. The number of fused-ring (bicyclic) bond motifs is 1. The Bertz CT molecular complexity index is 519. The van der Waals surface area contributed by atoms with Gasteiger partial charge in [-0.1, -0.05) is 4.98 Å². The fourth-order valence-electron chi connectivity index (χ4n) is 1.74. The zero-order valence-electron chi connectivity index (χ0n) is 7.98. The quantitative estimate of drug-likeness (QED) is 0.666. The second-order valence-corrected chi connectivity index (χ2v) is 5.53. The fraction of sp³-hybridized carbons (Fsp3) is 0.400. The fourth-order valence-corrected chi connectivity index (χ4v) is 2.88. The van der Waals surface area contributed by atoms with Crippen LogP contribution >= 0.6 is 34.2 Å². The van der Waals surface area contributed by atoms with Crippen molar-refractivity contribution in [3.8, 4) is 0 Å². The van der Waals surface area contributed by atoms with Gasteiger partial charge in [-0.3, -0.25) is 4.98 Å². The van der Waals surface area contributed by atoms with Crippen molar-refractivity contribution in [3.05, 3.63) is 20.7 Å². The minimum Gasteiger partial charge on any atom is -0.278 e. The molecule has 0 bridgehead atoms. The molecular formula is C10H10ClIN3+. The third kappa shape index (κ3) is 1.85. The summed E-state index contributed by atoms with van der Waals surface area (Å²) < 4.78 is 1.11. The summed E-state index contributed by atoms with van der Waals surface area (Å²) in [6.45, 7) is 0. The molecule has 0 aliphatic heterocycles. The highest BCUT2D eigenvalue weighted by Gasteiger charge is 2.26. The smallest absolute Gasteiger partial charge is 0.238 e. The first-order chi connectivity index (χ1) is 7.24. The SMILES string of the molecule is Clc1nc(CC2CC2)[nH+]c2[nH]cc(I)c12. The number of aromatic amines is 2. The van der Waals surface area contributed by atoms with Crippen LogP contribution in [-0.2, 0) is 6.42 Å². The molecule has 0 unspecified atom stereocenters. The van der Waals surface area contributed by atoms with Crippen LogP contribution in [0.4, 0.5) is 0 Å². The van der Waals surface area contributed by atoms with E-state index in [1.165, 1.54) is 12.8 Å². The molecule has 78 valence electrons. The van der Waals surface area contributed by atoms with Crippen LogP contribution in [0.5, 0.6) is 0 Å². The summed E-state index contributed by atoms with van der Waals surface area (Å²) in [7, 11) is 0. The van der Waals surface area contributed by atoms with Gasteiger partial charge in [0, 0.05) is 6.42 Å². The first-order valence-corrected chi connectivity index (χ1v) is 6.44. The summed E-state index contributed by atoms with van der Waals surface area (Å²) in [6, 6.07) is 0. The molecule has 1 fully saturated rings. The maximum atomic E-state index is 6.16. The van der Waals surface area contributed by atoms with Crippen molar-refractivity contribution in [1.82, 2.24) is 9.97 Å². The molecule has 2 aromatic heterocycles. The van der Waals surface area contributed by atoms with Gasteiger partial charge in [0.1, 0.15) is 5.39 Å². The number of halogens is 2. The number of H-pyrrole nitrogens is 2. The summed E-state index contributed by atoms with van der Waals surface area (Å²) in [5.41, 5.74) is 0.982. The van der Waals surface area contributed by atoms with Crippen molar-refractivity contribution < 1.29 is 4.98 Å². The minimum atomic E-state index is 0.602. The molecule has 2 heterocycles. The monoisotopic (exact) mass is 334 g/mol. The lowest BCUT2D eigenvalue weighted by Gasteiger charge is -1.94. The largest absolute Gasteiger partial charge is 0.278 e. The van der Waals surface area contributed by atoms with Crippen LogP contribution in [0.1, 0.15) is 18.7 Å². The second kappa shape index (κ2) is 3.59. The van der Waals surface area contributed by atoms with Gasteiger partial charge in [-0.15, -0.1) is 0 Å². The van der Waals surface area contributed by atoms with E-state index in [2.05, 4.69) is 37.5 Å². The van der Waals surface area contributed by atoms with Crippen molar-refractivity contribution in [2.45, 2.75) is 19.3 Å². The number of nitrogens with one attached hydrogen (secondary N) is 2. The molecule has 0 spiro atoms. The summed E-state index contributed by atoms with van der Waals surface area (Å²) in [4.78, 5) is 10.9. The van der Waals surface area contributed by atoms with Crippen molar-refractivity contribution in [1.29, 1.82) is 0 Å². The number of hydrogen-bond acceptors (Lipinski definition) is 1. The summed E-state index contributed by atoms with van der Waals surface area (Å²) in [5, 5.41) is 1.60. The Morgan fingerprint density at radius 3 is 3.13 bits per heavy atom. The van der Waals surface area contributed by atoms with E-state index < -0.39 is 0 Å². The molecule has 1 aliphatic carbocycles. The lowest BCUT2D eigenvalue weighted by atomic mass is 10.3. The van der Waals surface area contributed by atoms with Crippen LogP contribution in [0.2, 0.25) is 5.15 Å². The third-order valence-corrected chi connectivity index (χ3v) is 3.84. The molecule has 0 atom stereocenters. The average molecular weight is 335 g/mol. The van der Waals surface area contributed by atoms with Gasteiger partial charge in [0.05, 0.1) is 9.77 Å². The molecule has 3 rings (SSSR count). The van der Waals surface area contributed by atoms with E-state index in [0.29, 0.717) is 5.15 Å². The van der Waals surface area contributed by atoms with E-state index in [1.807, 2.05) is 6.20 Å². The van der Waals surface area contributed by atoms with Gasteiger partial charge in [0.25, 0.3) is 0 Å². The Morgan fingerprint density at radius 2 is 2.40 bits per heavy atom. The van der Waals surface area contributed by atoms with E-state index >= 15 is 0 Å². The van der Waals surface area contributed by atoms with Crippen LogP contribution in [0.15, 0.2) is 6.20 Å². The highest BCUT2D eigenvalue weighted by Crippen LogP contribution is 2.32. The molecule has 0 amide bonds. The van der Waals surface area contributed by atoms with Crippen LogP contribution in [0, 0.1) is 9.49 Å². The topological polar surface area (TPSA) is 42.8 Å². The van der Waals surface area contributed by atoms with Gasteiger partial charge in [0.2, 0.25) is 16.6 Å². The Morgan fingerprint density at radius 1 is 1.60 bits per heavy atom. The summed E-state index contributed by atoms with van der Waals surface area (Å²) in [5.74, 6) is 1.81. The van der Waals surface area contributed by atoms with E-state index in [9.17, 15) is 0 Å². The molecule has 15 heavy (non-hydrogen) atoms. The van der Waals surface area contributed by atoms with Crippen molar-refractivity contribution in [3.63, 3.8) is 0 Å². The average Bonchev–Trinajstić information content (AvgIpc) is 2.90. The van der Waals surface area contributed by atoms with Gasteiger partial charge in [-0.05, 0) is 53.0 Å². The normalized spacial score (nSPS) is 16.1. The van der Waals surface area contributed by atoms with Gasteiger partial charge < -0.3 is 0 Å². The Labute approximate surface area is 106 Å². The number of aromatic nitrogens is 3. The summed E-state index contributed by atoms with van der Waals surface area (Å²) in [6.07, 6.45) is 5.61. The zero-order chi connectivity index (χ0) is 10.4. The maximum Gasteiger partial charge on any atom is 0.238 e. The van der Waals surface area contributed by atoms with Crippen LogP contribution in [0.3, 0.4) is 0 Å². The highest BCUT2D eigenvalue weighted by molar-refractivity contribution is 14.1. The van der Waals surface area contributed by atoms with Gasteiger partial charge in [-0.2, -0.15) is 0 Å². The molecule has 1 aliphatic rings. The molecule has 3 nitrogen and oxygen atoms in total. The molecule has 5 heteroatoms. The van der Waals surface area contributed by atoms with Crippen molar-refractivity contribution in [2.75, 3.05) is 0 Å². The molecule has 2 aromatic rings. The first-order valence-electron chi connectivity index (χ1n) is 4.98. The van der Waals surface area contributed by atoms with Crippen LogP contribution in [-0.4, -0.2) is 9.97 Å². The Balaban J connectivity index is 2.10. The van der Waals surface area contributed by atoms with Crippen molar-refractivity contribution in [2.24, 2.45) is 5.92 Å². The minimum absolute atomic E-state index is 0.602. The lowest BCUT2D eigenvalue weighted by molar-refractivity contribution is -0.366. The molecule has 0 radical (unpaired) electrons. The van der Waals surface area contributed by atoms with E-state index in [1.54, 1.807) is 0 Å². The van der Waals surface area contributed by atoms with E-state index in [0.717, 1.165) is 32.8 Å². The lowest BCUT2D eigenvalue weighted by Crippen LogP contribution is -2.16. The highest BCUT2D eigenvalue weighted by atomic mass is 127. The zero-order valence-corrected chi connectivity index (χ0v) is 10.9. The first kappa shape index (κ1) is 9.84. The molecule has 0 aromatic carbocycles. The Hall–Kier alpha value is -0.360. The molecule has 2 N–H and O–H groups in total. The van der Waals surface area contributed by atoms with Crippen LogP contribution < -0.4 is 4.98 Å². The standard InChI is InChI=1S/C10H9ClIN3/c11-9-8-6(12)4-13-10(8)15-7(14-9)3-5-1-2-5/h4-5H,1-3H2,(H,13,14,15)/p+1. The van der Waals surface area contributed by atoms with Crippen LogP contribution in [0.25, 0.3) is 11.0 Å². The van der Waals surface area contributed by atoms with Gasteiger partial charge >= 0.3 is 0 Å². The second-order valence-electron chi connectivity index (χ2n) is 4.01.